The van der Waals surface area contributed by atoms with Crippen LogP contribution in [0.4, 0.5) is 10.1 Å². The summed E-state index contributed by atoms with van der Waals surface area (Å²) in [6.07, 6.45) is -0.829. The van der Waals surface area contributed by atoms with E-state index in [4.69, 9.17) is 4.74 Å². The molecule has 1 N–H and O–H groups in total. The third kappa shape index (κ3) is 3.43. The molecular weight excluding hydrogens is 233 g/mol. The van der Waals surface area contributed by atoms with E-state index in [1.54, 1.807) is 20.1 Å². The molecule has 3 nitrogen and oxygen atoms in total. The summed E-state index contributed by atoms with van der Waals surface area (Å²) >= 11 is 0. The van der Waals surface area contributed by atoms with Crippen molar-refractivity contribution in [2.24, 2.45) is 0 Å². The number of rotatable bonds is 6. The molecule has 0 aromatic heterocycles. The van der Waals surface area contributed by atoms with Crippen molar-refractivity contribution in [1.29, 1.82) is 0 Å². The van der Waals surface area contributed by atoms with E-state index in [1.165, 1.54) is 6.07 Å². The molecule has 0 spiro atoms. The SMILES string of the molecule is COCCN(c1cccc(F)c1C(C)O)C(C)C. The third-order valence-electron chi connectivity index (χ3n) is 2.92. The number of benzene rings is 1. The molecule has 1 aromatic carbocycles. The molecule has 1 atom stereocenters. The van der Waals surface area contributed by atoms with E-state index < -0.39 is 6.10 Å². The number of nitrogens with zero attached hydrogens (tertiary/aromatic N) is 1. The number of ether oxygens (including phenoxy) is 1. The second kappa shape index (κ2) is 6.71. The topological polar surface area (TPSA) is 32.7 Å². The Morgan fingerprint density at radius 2 is 2.00 bits per heavy atom. The standard InChI is InChI=1S/C14H22FNO2/c1-10(2)16(8-9-18-4)13-7-5-6-12(15)14(13)11(3)17/h5-7,10-11,17H,8-9H2,1-4H3. The molecule has 0 saturated heterocycles. The van der Waals surface area contributed by atoms with Gasteiger partial charge in [-0.15, -0.1) is 0 Å². The molecule has 0 aliphatic carbocycles. The molecule has 1 rings (SSSR count). The minimum absolute atomic E-state index is 0.208. The number of aliphatic hydroxyl groups is 1. The molecule has 1 aromatic rings. The zero-order valence-electron chi connectivity index (χ0n) is 11.5. The zero-order chi connectivity index (χ0) is 13.7. The van der Waals surface area contributed by atoms with Gasteiger partial charge in [0, 0.05) is 30.9 Å². The fraction of sp³-hybridized carbons (Fsp3) is 0.571. The van der Waals surface area contributed by atoms with E-state index in [-0.39, 0.29) is 11.9 Å². The van der Waals surface area contributed by atoms with Gasteiger partial charge in [-0.05, 0) is 32.9 Å². The predicted molar refractivity (Wildman–Crippen MR) is 71.4 cm³/mol. The van der Waals surface area contributed by atoms with Crippen molar-refractivity contribution in [3.63, 3.8) is 0 Å². The van der Waals surface area contributed by atoms with Crippen LogP contribution in [0.25, 0.3) is 0 Å². The number of halogens is 1. The minimum atomic E-state index is -0.829. The van der Waals surface area contributed by atoms with Crippen LogP contribution in [-0.2, 0) is 4.74 Å². The van der Waals surface area contributed by atoms with Crippen molar-refractivity contribution < 1.29 is 14.2 Å². The van der Waals surface area contributed by atoms with Crippen LogP contribution in [0.5, 0.6) is 0 Å². The molecule has 0 heterocycles. The summed E-state index contributed by atoms with van der Waals surface area (Å²) < 4.78 is 18.9. The second-order valence-electron chi connectivity index (χ2n) is 4.63. The van der Waals surface area contributed by atoms with Gasteiger partial charge in [0.15, 0.2) is 0 Å². The van der Waals surface area contributed by atoms with Gasteiger partial charge in [0.05, 0.1) is 12.7 Å². The lowest BCUT2D eigenvalue weighted by atomic mass is 10.1. The maximum absolute atomic E-state index is 13.8. The van der Waals surface area contributed by atoms with Crippen molar-refractivity contribution in [2.45, 2.75) is 32.9 Å². The summed E-state index contributed by atoms with van der Waals surface area (Å²) in [5, 5.41) is 9.74. The summed E-state index contributed by atoms with van der Waals surface area (Å²) in [4.78, 5) is 2.04. The Morgan fingerprint density at radius 3 is 2.50 bits per heavy atom. The Hall–Kier alpha value is -1.13. The monoisotopic (exact) mass is 255 g/mol. The maximum atomic E-state index is 13.8. The molecule has 102 valence electrons. The summed E-state index contributed by atoms with van der Waals surface area (Å²) in [5.74, 6) is -0.370. The molecular formula is C14H22FNO2. The fourth-order valence-electron chi connectivity index (χ4n) is 2.04. The summed E-state index contributed by atoms with van der Waals surface area (Å²) in [6.45, 7) is 6.88. The normalized spacial score (nSPS) is 12.8. The molecule has 4 heteroatoms. The molecule has 0 fully saturated rings. The Morgan fingerprint density at radius 1 is 1.33 bits per heavy atom. The maximum Gasteiger partial charge on any atom is 0.131 e. The Labute approximate surface area is 108 Å². The van der Waals surface area contributed by atoms with Crippen molar-refractivity contribution in [3.05, 3.63) is 29.6 Å². The molecule has 0 aliphatic heterocycles. The first-order chi connectivity index (χ1) is 8.49. The van der Waals surface area contributed by atoms with Gasteiger partial charge in [-0.3, -0.25) is 0 Å². The number of aliphatic hydroxyl groups excluding tert-OH is 1. The van der Waals surface area contributed by atoms with E-state index in [9.17, 15) is 9.50 Å². The van der Waals surface area contributed by atoms with Crippen molar-refractivity contribution in [3.8, 4) is 0 Å². The van der Waals surface area contributed by atoms with Crippen molar-refractivity contribution >= 4 is 5.69 Å². The van der Waals surface area contributed by atoms with E-state index in [0.29, 0.717) is 18.7 Å². The highest BCUT2D eigenvalue weighted by Gasteiger charge is 2.19. The van der Waals surface area contributed by atoms with Crippen LogP contribution in [0.1, 0.15) is 32.4 Å². The van der Waals surface area contributed by atoms with E-state index in [0.717, 1.165) is 5.69 Å². The van der Waals surface area contributed by atoms with Crippen LogP contribution >= 0.6 is 0 Å². The Bertz CT molecular complexity index is 380. The first kappa shape index (κ1) is 14.9. The predicted octanol–water partition coefficient (Wildman–Crippen LogP) is 2.74. The fourth-order valence-corrected chi connectivity index (χ4v) is 2.04. The zero-order valence-corrected chi connectivity index (χ0v) is 11.5. The largest absolute Gasteiger partial charge is 0.389 e. The number of anilines is 1. The van der Waals surface area contributed by atoms with Crippen LogP contribution in [0.15, 0.2) is 18.2 Å². The van der Waals surface area contributed by atoms with Crippen molar-refractivity contribution in [2.75, 3.05) is 25.2 Å². The van der Waals surface area contributed by atoms with Gasteiger partial charge in [-0.25, -0.2) is 4.39 Å². The van der Waals surface area contributed by atoms with Crippen LogP contribution in [0.2, 0.25) is 0 Å². The van der Waals surface area contributed by atoms with Gasteiger partial charge >= 0.3 is 0 Å². The summed E-state index contributed by atoms with van der Waals surface area (Å²) in [7, 11) is 1.64. The third-order valence-corrected chi connectivity index (χ3v) is 2.92. The highest BCUT2D eigenvalue weighted by atomic mass is 19.1. The van der Waals surface area contributed by atoms with E-state index in [1.807, 2.05) is 24.8 Å². The molecule has 0 saturated carbocycles. The highest BCUT2D eigenvalue weighted by molar-refractivity contribution is 5.55. The second-order valence-corrected chi connectivity index (χ2v) is 4.63. The highest BCUT2D eigenvalue weighted by Crippen LogP contribution is 2.30. The van der Waals surface area contributed by atoms with Gasteiger partial charge in [0.2, 0.25) is 0 Å². The average Bonchev–Trinajstić information content (AvgIpc) is 2.28. The number of hydrogen-bond donors (Lipinski definition) is 1. The van der Waals surface area contributed by atoms with Crippen LogP contribution in [0.3, 0.4) is 0 Å². The van der Waals surface area contributed by atoms with Crippen LogP contribution in [0, 0.1) is 5.82 Å². The van der Waals surface area contributed by atoms with Gasteiger partial charge < -0.3 is 14.7 Å². The molecule has 0 bridgehead atoms. The van der Waals surface area contributed by atoms with Gasteiger partial charge in [0.1, 0.15) is 5.82 Å². The summed E-state index contributed by atoms with van der Waals surface area (Å²) in [5.41, 5.74) is 1.08. The average molecular weight is 255 g/mol. The van der Waals surface area contributed by atoms with Crippen molar-refractivity contribution in [1.82, 2.24) is 0 Å². The molecule has 18 heavy (non-hydrogen) atoms. The van der Waals surface area contributed by atoms with E-state index in [2.05, 4.69) is 0 Å². The number of hydrogen-bond acceptors (Lipinski definition) is 3. The first-order valence-corrected chi connectivity index (χ1v) is 6.21. The molecule has 0 radical (unpaired) electrons. The lowest BCUT2D eigenvalue weighted by Gasteiger charge is -2.31. The van der Waals surface area contributed by atoms with Crippen LogP contribution < -0.4 is 4.90 Å². The lowest BCUT2D eigenvalue weighted by molar-refractivity contribution is 0.192. The van der Waals surface area contributed by atoms with Crippen LogP contribution in [-0.4, -0.2) is 31.4 Å². The molecule has 0 amide bonds. The molecule has 0 aliphatic rings. The Balaban J connectivity index is 3.14. The van der Waals surface area contributed by atoms with Gasteiger partial charge in [0.25, 0.3) is 0 Å². The quantitative estimate of drug-likeness (QED) is 0.848. The minimum Gasteiger partial charge on any atom is -0.389 e. The van der Waals surface area contributed by atoms with Gasteiger partial charge in [-0.2, -0.15) is 0 Å². The lowest BCUT2D eigenvalue weighted by Crippen LogP contribution is -2.35. The van der Waals surface area contributed by atoms with E-state index >= 15 is 0 Å². The number of methoxy groups -OCH3 is 1. The molecule has 1 unspecified atom stereocenters. The first-order valence-electron chi connectivity index (χ1n) is 6.21. The Kier molecular flexibility index (Phi) is 5.56. The van der Waals surface area contributed by atoms with Gasteiger partial charge in [-0.1, -0.05) is 6.07 Å². The smallest absolute Gasteiger partial charge is 0.131 e. The summed E-state index contributed by atoms with van der Waals surface area (Å²) in [6, 6.07) is 5.08.